The molecule has 0 saturated heterocycles. The van der Waals surface area contributed by atoms with E-state index in [2.05, 4.69) is 11.9 Å². The van der Waals surface area contributed by atoms with Crippen LogP contribution in [0.25, 0.3) is 0 Å². The van der Waals surface area contributed by atoms with Gasteiger partial charge in [-0.25, -0.2) is 9.78 Å². The van der Waals surface area contributed by atoms with Gasteiger partial charge in [0.2, 0.25) is 0 Å². The van der Waals surface area contributed by atoms with Gasteiger partial charge in [0.1, 0.15) is 0 Å². The molecule has 0 saturated carbocycles. The summed E-state index contributed by atoms with van der Waals surface area (Å²) in [6.45, 7) is 6.73. The van der Waals surface area contributed by atoms with Crippen LogP contribution in [0, 0.1) is 0 Å². The molecule has 0 aliphatic carbocycles. The van der Waals surface area contributed by atoms with E-state index < -0.39 is 0 Å². The summed E-state index contributed by atoms with van der Waals surface area (Å²) in [5.41, 5.74) is 1.02. The third kappa shape index (κ3) is 2.72. The van der Waals surface area contributed by atoms with E-state index >= 15 is 0 Å². The lowest BCUT2D eigenvalue weighted by Crippen LogP contribution is -2.25. The van der Waals surface area contributed by atoms with E-state index in [4.69, 9.17) is 0 Å². The monoisotopic (exact) mass is 265 g/mol. The molecule has 4 nitrogen and oxygen atoms in total. The number of hydrogen-bond donors (Lipinski definition) is 0. The summed E-state index contributed by atoms with van der Waals surface area (Å²) in [6.07, 6.45) is 5.80. The predicted octanol–water partition coefficient (Wildman–Crippen LogP) is 2.69. The van der Waals surface area contributed by atoms with Crippen molar-refractivity contribution < 1.29 is 0 Å². The molecule has 2 rings (SSSR count). The molecule has 0 unspecified atom stereocenters. The van der Waals surface area contributed by atoms with Gasteiger partial charge in [0.25, 0.3) is 0 Å². The van der Waals surface area contributed by atoms with Gasteiger partial charge < -0.3 is 0 Å². The van der Waals surface area contributed by atoms with Gasteiger partial charge in [-0.05, 0) is 26.7 Å². The van der Waals surface area contributed by atoms with Gasteiger partial charge in [-0.1, -0.05) is 6.92 Å². The molecule has 0 spiro atoms. The van der Waals surface area contributed by atoms with E-state index in [1.807, 2.05) is 31.6 Å². The highest BCUT2D eigenvalue weighted by Crippen LogP contribution is 2.12. The highest BCUT2D eigenvalue weighted by Gasteiger charge is 2.08. The van der Waals surface area contributed by atoms with Gasteiger partial charge in [-0.15, -0.1) is 11.3 Å². The maximum atomic E-state index is 12.0. The Hall–Kier alpha value is -1.36. The zero-order valence-electron chi connectivity index (χ0n) is 11.1. The molecule has 2 aromatic heterocycles. The number of aromatic nitrogens is 3. The molecule has 0 amide bonds. The Labute approximate surface area is 111 Å². The topological polar surface area (TPSA) is 39.8 Å². The van der Waals surface area contributed by atoms with Crippen molar-refractivity contribution in [3.8, 4) is 0 Å². The molecule has 2 heterocycles. The Morgan fingerprint density at radius 2 is 2.17 bits per heavy atom. The van der Waals surface area contributed by atoms with Crippen LogP contribution in [0.2, 0.25) is 0 Å². The third-order valence-electron chi connectivity index (χ3n) is 2.83. The van der Waals surface area contributed by atoms with Gasteiger partial charge in [0.05, 0.1) is 17.2 Å². The Balaban J connectivity index is 2.16. The Morgan fingerprint density at radius 1 is 1.39 bits per heavy atom. The van der Waals surface area contributed by atoms with Crippen LogP contribution in [0.4, 0.5) is 0 Å². The fourth-order valence-electron chi connectivity index (χ4n) is 1.87. The van der Waals surface area contributed by atoms with Crippen LogP contribution in [0.15, 0.2) is 22.6 Å². The zero-order valence-corrected chi connectivity index (χ0v) is 11.9. The van der Waals surface area contributed by atoms with Crippen LogP contribution in [0.3, 0.4) is 0 Å². The molecule has 0 bridgehead atoms. The van der Waals surface area contributed by atoms with Crippen molar-refractivity contribution in [3.63, 3.8) is 0 Å². The number of thiazole rings is 1. The molecular formula is C13H19N3OS. The SMILES string of the molecule is CCCc1nc(Cn2ccn(C(C)C)c2=O)cs1. The van der Waals surface area contributed by atoms with E-state index in [0.29, 0.717) is 6.54 Å². The minimum atomic E-state index is 0.0371. The maximum absolute atomic E-state index is 12.0. The lowest BCUT2D eigenvalue weighted by molar-refractivity contribution is 0.560. The minimum Gasteiger partial charge on any atom is -0.297 e. The molecule has 0 aromatic carbocycles. The van der Waals surface area contributed by atoms with Gasteiger partial charge in [-0.2, -0.15) is 0 Å². The average Bonchev–Trinajstić information content (AvgIpc) is 2.89. The number of nitrogens with zero attached hydrogens (tertiary/aromatic N) is 3. The summed E-state index contributed by atoms with van der Waals surface area (Å²) in [7, 11) is 0. The second kappa shape index (κ2) is 5.52. The maximum Gasteiger partial charge on any atom is 0.328 e. The fraction of sp³-hybridized carbons (Fsp3) is 0.538. The molecular weight excluding hydrogens is 246 g/mol. The van der Waals surface area contributed by atoms with Crippen molar-refractivity contribution in [2.75, 3.05) is 0 Å². The summed E-state index contributed by atoms with van der Waals surface area (Å²) in [6, 6.07) is 0.199. The fourth-order valence-corrected chi connectivity index (χ4v) is 2.76. The first-order chi connectivity index (χ1) is 8.61. The van der Waals surface area contributed by atoms with Gasteiger partial charge in [0, 0.05) is 23.8 Å². The molecule has 0 aliphatic heterocycles. The highest BCUT2D eigenvalue weighted by molar-refractivity contribution is 7.09. The van der Waals surface area contributed by atoms with Crippen molar-refractivity contribution in [1.82, 2.24) is 14.1 Å². The highest BCUT2D eigenvalue weighted by atomic mass is 32.1. The zero-order chi connectivity index (χ0) is 13.1. The van der Waals surface area contributed by atoms with Crippen molar-refractivity contribution in [3.05, 3.63) is 39.0 Å². The second-order valence-electron chi connectivity index (χ2n) is 4.69. The summed E-state index contributed by atoms with van der Waals surface area (Å²) in [5.74, 6) is 0. The summed E-state index contributed by atoms with van der Waals surface area (Å²) in [4.78, 5) is 16.6. The van der Waals surface area contributed by atoms with E-state index in [-0.39, 0.29) is 11.7 Å². The first kappa shape index (κ1) is 13.1. The van der Waals surface area contributed by atoms with Crippen LogP contribution >= 0.6 is 11.3 Å². The molecule has 0 N–H and O–H groups in total. The van der Waals surface area contributed by atoms with Crippen LogP contribution in [-0.4, -0.2) is 14.1 Å². The Kier molecular flexibility index (Phi) is 4.01. The number of hydrogen-bond acceptors (Lipinski definition) is 3. The standard InChI is InChI=1S/C13H19N3OS/c1-4-5-12-14-11(9-18-12)8-15-6-7-16(10(2)3)13(15)17/h6-7,9-10H,4-5,8H2,1-3H3. The lowest BCUT2D eigenvalue weighted by atomic mass is 10.3. The predicted molar refractivity (Wildman–Crippen MR) is 74.3 cm³/mol. The number of aryl methyl sites for hydroxylation is 1. The minimum absolute atomic E-state index is 0.0371. The Bertz CT molecular complexity index is 565. The molecule has 2 aromatic rings. The first-order valence-corrected chi connectivity index (χ1v) is 7.20. The molecule has 5 heteroatoms. The van der Waals surface area contributed by atoms with Gasteiger partial charge in [0.15, 0.2) is 0 Å². The summed E-state index contributed by atoms with van der Waals surface area (Å²) >= 11 is 1.68. The van der Waals surface area contributed by atoms with Crippen LogP contribution in [-0.2, 0) is 13.0 Å². The molecule has 0 fully saturated rings. The molecule has 98 valence electrons. The van der Waals surface area contributed by atoms with E-state index in [1.165, 1.54) is 0 Å². The van der Waals surface area contributed by atoms with Crippen molar-refractivity contribution in [2.45, 2.75) is 46.2 Å². The molecule has 0 atom stereocenters. The van der Waals surface area contributed by atoms with Gasteiger partial charge in [-0.3, -0.25) is 9.13 Å². The molecule has 18 heavy (non-hydrogen) atoms. The van der Waals surface area contributed by atoms with Gasteiger partial charge >= 0.3 is 5.69 Å². The summed E-state index contributed by atoms with van der Waals surface area (Å²) < 4.78 is 3.45. The number of imidazole rings is 1. The Morgan fingerprint density at radius 3 is 2.78 bits per heavy atom. The summed E-state index contributed by atoms with van der Waals surface area (Å²) in [5, 5.41) is 3.20. The first-order valence-electron chi connectivity index (χ1n) is 6.32. The van der Waals surface area contributed by atoms with Crippen molar-refractivity contribution >= 4 is 11.3 Å². The van der Waals surface area contributed by atoms with E-state index in [9.17, 15) is 4.79 Å². The van der Waals surface area contributed by atoms with E-state index in [1.54, 1.807) is 20.5 Å². The second-order valence-corrected chi connectivity index (χ2v) is 5.63. The smallest absolute Gasteiger partial charge is 0.297 e. The van der Waals surface area contributed by atoms with Crippen LogP contribution < -0.4 is 5.69 Å². The average molecular weight is 265 g/mol. The number of rotatable bonds is 5. The normalized spacial score (nSPS) is 11.3. The molecule has 0 radical (unpaired) electrons. The largest absolute Gasteiger partial charge is 0.328 e. The third-order valence-corrected chi connectivity index (χ3v) is 3.78. The molecule has 0 aliphatic rings. The van der Waals surface area contributed by atoms with Crippen LogP contribution in [0.1, 0.15) is 43.9 Å². The quantitative estimate of drug-likeness (QED) is 0.834. The van der Waals surface area contributed by atoms with Crippen molar-refractivity contribution in [1.29, 1.82) is 0 Å². The lowest BCUT2D eigenvalue weighted by Gasteiger charge is -2.04. The van der Waals surface area contributed by atoms with E-state index in [0.717, 1.165) is 23.5 Å². The van der Waals surface area contributed by atoms with Crippen molar-refractivity contribution in [2.24, 2.45) is 0 Å². The van der Waals surface area contributed by atoms with Crippen LogP contribution in [0.5, 0.6) is 0 Å².